The van der Waals surface area contributed by atoms with Gasteiger partial charge >= 0.3 is 0 Å². The van der Waals surface area contributed by atoms with Crippen molar-refractivity contribution in [2.24, 2.45) is 0 Å². The largest absolute Gasteiger partial charge is 0.449 e. The molecule has 3 aromatic rings. The third-order valence-corrected chi connectivity index (χ3v) is 2.67. The summed E-state index contributed by atoms with van der Waals surface area (Å²) in [6, 6.07) is 5.46. The molecule has 0 saturated heterocycles. The van der Waals surface area contributed by atoms with Crippen LogP contribution in [0.25, 0.3) is 22.1 Å². The van der Waals surface area contributed by atoms with Crippen LogP contribution in [0.1, 0.15) is 6.85 Å². The summed E-state index contributed by atoms with van der Waals surface area (Å²) in [5.74, 6) is 0. The van der Waals surface area contributed by atoms with E-state index in [4.69, 9.17) is 11.3 Å². The summed E-state index contributed by atoms with van der Waals surface area (Å²) < 4.78 is 45.0. The maximum Gasteiger partial charge on any atom is 0.170 e. The summed E-state index contributed by atoms with van der Waals surface area (Å²) in [5.41, 5.74) is 1.42. The highest BCUT2D eigenvalue weighted by Crippen LogP contribution is 2.28. The van der Waals surface area contributed by atoms with Crippen molar-refractivity contribution in [3.05, 3.63) is 59.1 Å². The molecule has 0 fully saturated rings. The second-order valence-corrected chi connectivity index (χ2v) is 4.08. The second kappa shape index (κ2) is 3.80. The summed E-state index contributed by atoms with van der Waals surface area (Å²) in [7, 11) is 0. The molecule has 16 heavy (non-hydrogen) atoms. The van der Waals surface area contributed by atoms with Crippen molar-refractivity contribution in [3.63, 3.8) is 0 Å². The Labute approximate surface area is 109 Å². The lowest BCUT2D eigenvalue weighted by Crippen LogP contribution is -1.75. The standard InChI is InChI=1S/C14H9BrO/c15-14-9-12-8-11(6-7-13(12)16-14)10-4-2-1-3-5-10/h1-9H/i1D,2D,3D,4D,5D. The van der Waals surface area contributed by atoms with E-state index in [0.29, 0.717) is 15.8 Å². The van der Waals surface area contributed by atoms with Crippen molar-refractivity contribution in [1.29, 1.82) is 0 Å². The van der Waals surface area contributed by atoms with E-state index in [1.54, 1.807) is 24.3 Å². The number of benzene rings is 2. The molecular weight excluding hydrogens is 264 g/mol. The van der Waals surface area contributed by atoms with Gasteiger partial charge in [-0.1, -0.05) is 36.3 Å². The van der Waals surface area contributed by atoms with Crippen molar-refractivity contribution in [2.75, 3.05) is 0 Å². The summed E-state index contributed by atoms with van der Waals surface area (Å²) in [6.07, 6.45) is 0. The lowest BCUT2D eigenvalue weighted by Gasteiger charge is -2.00. The van der Waals surface area contributed by atoms with Crippen LogP contribution in [0.2, 0.25) is 0 Å². The molecule has 1 heterocycles. The van der Waals surface area contributed by atoms with Crippen LogP contribution >= 0.6 is 15.9 Å². The van der Waals surface area contributed by atoms with E-state index in [9.17, 15) is 0 Å². The first kappa shape index (κ1) is 5.69. The molecule has 0 aliphatic carbocycles. The van der Waals surface area contributed by atoms with E-state index in [1.807, 2.05) is 0 Å². The topological polar surface area (TPSA) is 13.1 Å². The molecule has 0 spiro atoms. The fourth-order valence-electron chi connectivity index (χ4n) is 1.56. The first-order valence-electron chi connectivity index (χ1n) is 7.16. The molecule has 0 unspecified atom stereocenters. The van der Waals surface area contributed by atoms with Crippen molar-refractivity contribution in [1.82, 2.24) is 0 Å². The van der Waals surface area contributed by atoms with Gasteiger partial charge in [-0.25, -0.2) is 0 Å². The molecular formula is C14H9BrO. The molecule has 0 radical (unpaired) electrons. The van der Waals surface area contributed by atoms with Crippen molar-refractivity contribution in [3.8, 4) is 11.1 Å². The van der Waals surface area contributed by atoms with Gasteiger partial charge in [-0.05, 0) is 45.3 Å². The van der Waals surface area contributed by atoms with E-state index >= 15 is 0 Å². The number of rotatable bonds is 1. The quantitative estimate of drug-likeness (QED) is 0.619. The normalized spacial score (nSPS) is 15.2. The maximum absolute atomic E-state index is 7.98. The minimum absolute atomic E-state index is 0.195. The van der Waals surface area contributed by atoms with Crippen LogP contribution in [0.4, 0.5) is 0 Å². The van der Waals surface area contributed by atoms with Crippen LogP contribution in [-0.2, 0) is 0 Å². The van der Waals surface area contributed by atoms with Crippen LogP contribution < -0.4 is 0 Å². The zero-order valence-corrected chi connectivity index (χ0v) is 9.68. The van der Waals surface area contributed by atoms with Gasteiger partial charge in [0.15, 0.2) is 4.67 Å². The van der Waals surface area contributed by atoms with E-state index in [2.05, 4.69) is 15.9 Å². The highest BCUT2D eigenvalue weighted by Gasteiger charge is 2.03. The third kappa shape index (κ3) is 1.65. The average molecular weight is 278 g/mol. The molecule has 1 nitrogen and oxygen atoms in total. The molecule has 0 bridgehead atoms. The third-order valence-electron chi connectivity index (χ3n) is 2.27. The van der Waals surface area contributed by atoms with Gasteiger partial charge in [0.1, 0.15) is 5.58 Å². The summed E-state index contributed by atoms with van der Waals surface area (Å²) in [5, 5.41) is 0.797. The Kier molecular flexibility index (Phi) is 1.35. The van der Waals surface area contributed by atoms with Gasteiger partial charge in [-0.15, -0.1) is 0 Å². The Balaban J connectivity index is 2.32. The van der Waals surface area contributed by atoms with Gasteiger partial charge in [0.25, 0.3) is 0 Å². The maximum atomic E-state index is 7.98. The lowest BCUT2D eigenvalue weighted by molar-refractivity contribution is 0.587. The van der Waals surface area contributed by atoms with Crippen LogP contribution in [0.3, 0.4) is 0 Å². The van der Waals surface area contributed by atoms with Gasteiger partial charge in [0.2, 0.25) is 0 Å². The predicted molar refractivity (Wildman–Crippen MR) is 69.4 cm³/mol. The number of hydrogen-bond acceptors (Lipinski definition) is 1. The molecule has 0 saturated carbocycles. The smallest absolute Gasteiger partial charge is 0.170 e. The molecule has 2 aromatic carbocycles. The summed E-state index contributed by atoms with van der Waals surface area (Å²) >= 11 is 3.24. The monoisotopic (exact) mass is 277 g/mol. The van der Waals surface area contributed by atoms with Gasteiger partial charge < -0.3 is 4.42 Å². The zero-order chi connectivity index (χ0) is 15.3. The van der Waals surface area contributed by atoms with E-state index in [0.717, 1.165) is 5.39 Å². The van der Waals surface area contributed by atoms with Crippen LogP contribution in [0, 0.1) is 0 Å². The SMILES string of the molecule is [2H]c1c([2H])c([2H])c(-c2ccc3oc(Br)cc3c2)c([2H])c1[2H]. The predicted octanol–water partition coefficient (Wildman–Crippen LogP) is 4.86. The Hall–Kier alpha value is -1.54. The Morgan fingerprint density at radius 3 is 2.62 bits per heavy atom. The summed E-state index contributed by atoms with van der Waals surface area (Å²) in [4.78, 5) is 0. The first-order chi connectivity index (χ1) is 9.90. The Morgan fingerprint density at radius 2 is 1.81 bits per heavy atom. The second-order valence-electron chi connectivity index (χ2n) is 3.30. The number of hydrogen-bond donors (Lipinski definition) is 0. The van der Waals surface area contributed by atoms with Gasteiger partial charge in [-0.3, -0.25) is 0 Å². The molecule has 0 atom stereocenters. The fraction of sp³-hybridized carbons (Fsp3) is 0. The lowest BCUT2D eigenvalue weighted by atomic mass is 10.0. The highest BCUT2D eigenvalue weighted by molar-refractivity contribution is 9.10. The van der Waals surface area contributed by atoms with Crippen molar-refractivity contribution < 1.29 is 11.3 Å². The molecule has 0 aliphatic rings. The molecule has 3 rings (SSSR count). The Bertz CT molecular complexity index is 842. The average Bonchev–Trinajstić information content (AvgIpc) is 2.82. The number of halogens is 1. The molecule has 78 valence electrons. The highest BCUT2D eigenvalue weighted by atomic mass is 79.9. The number of furan rings is 1. The Morgan fingerprint density at radius 1 is 1.00 bits per heavy atom. The number of fused-ring (bicyclic) bond motifs is 1. The molecule has 1 aromatic heterocycles. The van der Waals surface area contributed by atoms with Crippen LogP contribution in [-0.4, -0.2) is 0 Å². The van der Waals surface area contributed by atoms with Crippen LogP contribution in [0.5, 0.6) is 0 Å². The van der Waals surface area contributed by atoms with Crippen molar-refractivity contribution in [2.45, 2.75) is 0 Å². The zero-order valence-electron chi connectivity index (χ0n) is 13.1. The summed E-state index contributed by atoms with van der Waals surface area (Å²) in [6.45, 7) is 0. The van der Waals surface area contributed by atoms with E-state index in [1.165, 1.54) is 0 Å². The minimum atomic E-state index is -0.388. The molecule has 0 amide bonds. The molecule has 2 heteroatoms. The van der Waals surface area contributed by atoms with E-state index < -0.39 is 0 Å². The van der Waals surface area contributed by atoms with E-state index in [-0.39, 0.29) is 35.8 Å². The van der Waals surface area contributed by atoms with Gasteiger partial charge in [0, 0.05) is 5.39 Å². The minimum Gasteiger partial charge on any atom is -0.449 e. The molecule has 0 N–H and O–H groups in total. The van der Waals surface area contributed by atoms with Gasteiger partial charge in [-0.2, -0.15) is 0 Å². The fourth-order valence-corrected chi connectivity index (χ4v) is 1.98. The van der Waals surface area contributed by atoms with Gasteiger partial charge in [0.05, 0.1) is 6.85 Å². The van der Waals surface area contributed by atoms with Crippen molar-refractivity contribution >= 4 is 26.9 Å². The molecule has 0 aliphatic heterocycles. The first-order valence-corrected chi connectivity index (χ1v) is 5.46. The van der Waals surface area contributed by atoms with Crippen LogP contribution in [0.15, 0.2) is 63.6 Å².